The van der Waals surface area contributed by atoms with Crippen LogP contribution in [0, 0.1) is 5.92 Å². The zero-order valence-corrected chi connectivity index (χ0v) is 16.0. The van der Waals surface area contributed by atoms with Gasteiger partial charge >= 0.3 is 5.97 Å². The normalized spacial score (nSPS) is 10.4. The molecule has 0 heterocycles. The van der Waals surface area contributed by atoms with E-state index < -0.39 is 18.4 Å². The number of ketones is 1. The summed E-state index contributed by atoms with van der Waals surface area (Å²) in [5.41, 5.74) is 0.868. The fraction of sp³-hybridized carbons (Fsp3) is 0.286. The number of benzene rings is 2. The lowest BCUT2D eigenvalue weighted by Crippen LogP contribution is -2.15. The molecule has 0 spiro atoms. The van der Waals surface area contributed by atoms with E-state index in [9.17, 15) is 19.5 Å². The molecule has 28 heavy (non-hydrogen) atoms. The summed E-state index contributed by atoms with van der Waals surface area (Å²) < 4.78 is 9.92. The molecule has 0 unspecified atom stereocenters. The van der Waals surface area contributed by atoms with E-state index >= 15 is 0 Å². The first-order valence-electron chi connectivity index (χ1n) is 8.77. The lowest BCUT2D eigenvalue weighted by atomic mass is 10.1. The van der Waals surface area contributed by atoms with Gasteiger partial charge in [-0.15, -0.1) is 0 Å². The number of phenolic OH excluding ortho intramolecular Hbond substituents is 1. The fourth-order valence-electron chi connectivity index (χ4n) is 2.43. The second-order valence-electron chi connectivity index (χ2n) is 6.61. The van der Waals surface area contributed by atoms with Crippen LogP contribution in [0.4, 0.5) is 5.69 Å². The average Bonchev–Trinajstić information content (AvgIpc) is 2.65. The third-order valence-corrected chi connectivity index (χ3v) is 3.84. The Bertz CT molecular complexity index is 858. The summed E-state index contributed by atoms with van der Waals surface area (Å²) in [6.45, 7) is 3.44. The van der Waals surface area contributed by atoms with Gasteiger partial charge in [-0.05, 0) is 42.3 Å². The third-order valence-electron chi connectivity index (χ3n) is 3.84. The number of amides is 1. The fourth-order valence-corrected chi connectivity index (χ4v) is 2.43. The Kier molecular flexibility index (Phi) is 7.14. The second-order valence-corrected chi connectivity index (χ2v) is 6.61. The smallest absolute Gasteiger partial charge is 0.342 e. The molecular formula is C21H23NO6. The number of Topliss-reactive ketones (excluding diaryl/α,β-unsaturated/α-hetero) is 1. The van der Waals surface area contributed by atoms with Crippen LogP contribution in [0.5, 0.6) is 11.5 Å². The van der Waals surface area contributed by atoms with E-state index in [0.717, 1.165) is 0 Å². The predicted octanol–water partition coefficient (Wildman–Crippen LogP) is 3.43. The first-order chi connectivity index (χ1) is 13.3. The Balaban J connectivity index is 1.92. The maximum atomic E-state index is 12.2. The van der Waals surface area contributed by atoms with Crippen molar-refractivity contribution in [2.75, 3.05) is 19.0 Å². The topological polar surface area (TPSA) is 102 Å². The maximum Gasteiger partial charge on any atom is 0.342 e. The van der Waals surface area contributed by atoms with Gasteiger partial charge in [0, 0.05) is 23.7 Å². The van der Waals surface area contributed by atoms with Gasteiger partial charge in [-0.2, -0.15) is 0 Å². The minimum absolute atomic E-state index is 0.0585. The van der Waals surface area contributed by atoms with Crippen LogP contribution in [0.1, 0.15) is 41.0 Å². The molecule has 0 saturated carbocycles. The number of hydrogen-bond acceptors (Lipinski definition) is 6. The minimum atomic E-state index is -0.814. The van der Waals surface area contributed by atoms with Crippen molar-refractivity contribution in [3.63, 3.8) is 0 Å². The molecule has 148 valence electrons. The van der Waals surface area contributed by atoms with Crippen molar-refractivity contribution in [1.29, 1.82) is 0 Å². The highest BCUT2D eigenvalue weighted by Gasteiger charge is 2.16. The van der Waals surface area contributed by atoms with Gasteiger partial charge in [0.2, 0.25) is 5.91 Å². The summed E-state index contributed by atoms with van der Waals surface area (Å²) in [6, 6.07) is 10.5. The number of esters is 1. The molecule has 0 bridgehead atoms. The lowest BCUT2D eigenvalue weighted by molar-refractivity contribution is -0.116. The van der Waals surface area contributed by atoms with E-state index in [1.807, 2.05) is 13.8 Å². The number of methoxy groups -OCH3 is 1. The molecule has 2 N–H and O–H groups in total. The quantitative estimate of drug-likeness (QED) is 0.533. The van der Waals surface area contributed by atoms with Gasteiger partial charge in [0.15, 0.2) is 12.4 Å². The molecule has 7 nitrogen and oxygen atoms in total. The summed E-state index contributed by atoms with van der Waals surface area (Å²) >= 11 is 0. The average molecular weight is 385 g/mol. The number of carbonyl (C=O) groups is 3. The van der Waals surface area contributed by atoms with Crippen LogP contribution < -0.4 is 10.1 Å². The first kappa shape index (κ1) is 21.0. The number of carbonyl (C=O) groups excluding carboxylic acids is 3. The number of rotatable bonds is 8. The zero-order chi connectivity index (χ0) is 20.7. The van der Waals surface area contributed by atoms with Crippen LogP contribution in [0.15, 0.2) is 42.5 Å². The molecule has 2 aromatic carbocycles. The zero-order valence-electron chi connectivity index (χ0n) is 16.0. The summed E-state index contributed by atoms with van der Waals surface area (Å²) in [5, 5.41) is 12.6. The molecular weight excluding hydrogens is 362 g/mol. The number of aromatic hydroxyl groups is 1. The number of anilines is 1. The van der Waals surface area contributed by atoms with E-state index in [-0.39, 0.29) is 23.1 Å². The Morgan fingerprint density at radius 3 is 2.32 bits per heavy atom. The largest absolute Gasteiger partial charge is 0.507 e. The molecule has 0 aromatic heterocycles. The van der Waals surface area contributed by atoms with Crippen molar-refractivity contribution in [2.24, 2.45) is 5.92 Å². The number of ether oxygens (including phenoxy) is 2. The highest BCUT2D eigenvalue weighted by molar-refractivity contribution is 6.00. The van der Waals surface area contributed by atoms with Crippen LogP contribution in [0.25, 0.3) is 0 Å². The summed E-state index contributed by atoms with van der Waals surface area (Å²) in [4.78, 5) is 36.0. The van der Waals surface area contributed by atoms with Crippen LogP contribution in [0.3, 0.4) is 0 Å². The first-order valence-corrected chi connectivity index (χ1v) is 8.77. The molecule has 0 saturated heterocycles. The molecule has 2 rings (SSSR count). The van der Waals surface area contributed by atoms with E-state index in [1.54, 1.807) is 24.3 Å². The van der Waals surface area contributed by atoms with Gasteiger partial charge in [0.1, 0.15) is 17.1 Å². The van der Waals surface area contributed by atoms with Crippen molar-refractivity contribution in [1.82, 2.24) is 0 Å². The van der Waals surface area contributed by atoms with Crippen LogP contribution in [0.2, 0.25) is 0 Å². The minimum Gasteiger partial charge on any atom is -0.507 e. The summed E-state index contributed by atoms with van der Waals surface area (Å²) in [7, 11) is 1.44. The second kappa shape index (κ2) is 9.55. The van der Waals surface area contributed by atoms with Gasteiger partial charge in [-0.1, -0.05) is 13.8 Å². The highest BCUT2D eigenvalue weighted by atomic mass is 16.5. The van der Waals surface area contributed by atoms with Gasteiger partial charge in [-0.3, -0.25) is 9.59 Å². The number of nitrogens with one attached hydrogen (secondary N) is 1. The van der Waals surface area contributed by atoms with E-state index in [1.165, 1.54) is 25.3 Å². The molecule has 7 heteroatoms. The van der Waals surface area contributed by atoms with Crippen molar-refractivity contribution in [3.8, 4) is 11.5 Å². The van der Waals surface area contributed by atoms with Gasteiger partial charge < -0.3 is 19.9 Å². The van der Waals surface area contributed by atoms with E-state index in [4.69, 9.17) is 9.47 Å². The van der Waals surface area contributed by atoms with Gasteiger partial charge in [0.25, 0.3) is 0 Å². The van der Waals surface area contributed by atoms with Crippen molar-refractivity contribution in [2.45, 2.75) is 20.3 Å². The molecule has 0 atom stereocenters. The van der Waals surface area contributed by atoms with Crippen molar-refractivity contribution < 1.29 is 29.0 Å². The van der Waals surface area contributed by atoms with E-state index in [0.29, 0.717) is 23.4 Å². The van der Waals surface area contributed by atoms with Crippen LogP contribution in [-0.2, 0) is 9.53 Å². The predicted molar refractivity (Wildman–Crippen MR) is 104 cm³/mol. The lowest BCUT2D eigenvalue weighted by Gasteiger charge is -2.09. The molecule has 0 radical (unpaired) electrons. The Hall–Kier alpha value is -3.35. The van der Waals surface area contributed by atoms with Crippen LogP contribution >= 0.6 is 0 Å². The molecule has 0 fully saturated rings. The van der Waals surface area contributed by atoms with Gasteiger partial charge in [-0.25, -0.2) is 4.79 Å². The molecule has 1 amide bonds. The monoisotopic (exact) mass is 385 g/mol. The highest BCUT2D eigenvalue weighted by Crippen LogP contribution is 2.24. The Labute approximate surface area is 163 Å². The van der Waals surface area contributed by atoms with E-state index in [2.05, 4.69) is 5.32 Å². The molecule has 0 aliphatic heterocycles. The molecule has 0 aliphatic rings. The van der Waals surface area contributed by atoms with Crippen molar-refractivity contribution >= 4 is 23.3 Å². The number of phenols is 1. The SMILES string of the molecule is COc1ccc(C(=O)OCC(=O)c2ccc(NC(=O)CC(C)C)cc2)c(O)c1. The molecule has 2 aromatic rings. The Morgan fingerprint density at radius 1 is 1.07 bits per heavy atom. The number of hydrogen-bond donors (Lipinski definition) is 2. The molecule has 0 aliphatic carbocycles. The summed E-state index contributed by atoms with van der Waals surface area (Å²) in [5.74, 6) is -0.959. The third kappa shape index (κ3) is 5.84. The maximum absolute atomic E-state index is 12.2. The van der Waals surface area contributed by atoms with Crippen LogP contribution in [-0.4, -0.2) is 36.5 Å². The Morgan fingerprint density at radius 2 is 1.75 bits per heavy atom. The van der Waals surface area contributed by atoms with Crippen molar-refractivity contribution in [3.05, 3.63) is 53.6 Å². The van der Waals surface area contributed by atoms with Gasteiger partial charge in [0.05, 0.1) is 7.11 Å². The summed E-state index contributed by atoms with van der Waals surface area (Å²) in [6.07, 6.45) is 0.412. The standard InChI is InChI=1S/C21H23NO6/c1-13(2)10-20(25)22-15-6-4-14(5-7-15)19(24)12-28-21(26)17-9-8-16(27-3)11-18(17)23/h4-9,11,13,23H,10,12H2,1-3H3,(H,22,25).